The lowest BCUT2D eigenvalue weighted by Gasteiger charge is -2.46. The molecule has 0 nitrogen and oxygen atoms in total. The van der Waals surface area contributed by atoms with Crippen LogP contribution in [0.2, 0.25) is 0 Å². The summed E-state index contributed by atoms with van der Waals surface area (Å²) in [5, 5.41) is 0. The van der Waals surface area contributed by atoms with E-state index in [1.54, 1.807) is 0 Å². The van der Waals surface area contributed by atoms with Crippen LogP contribution in [-0.2, 0) is 0 Å². The summed E-state index contributed by atoms with van der Waals surface area (Å²) < 4.78 is 42.7. The first-order valence-corrected chi connectivity index (χ1v) is 6.92. The van der Waals surface area contributed by atoms with Crippen molar-refractivity contribution in [1.29, 1.82) is 0 Å². The van der Waals surface area contributed by atoms with Gasteiger partial charge in [-0.1, -0.05) is 6.92 Å². The Morgan fingerprint density at radius 2 is 1.65 bits per heavy atom. The molecule has 4 rings (SSSR count). The van der Waals surface area contributed by atoms with Crippen molar-refractivity contribution in [3.05, 3.63) is 0 Å². The van der Waals surface area contributed by atoms with Gasteiger partial charge in [-0.05, 0) is 55.8 Å². The smallest absolute Gasteiger partial charge is 0.237 e. The summed E-state index contributed by atoms with van der Waals surface area (Å²) in [6.07, 6.45) is 2.68. The van der Waals surface area contributed by atoms with E-state index in [-0.39, 0.29) is 17.8 Å². The Balaban J connectivity index is 1.78. The van der Waals surface area contributed by atoms with Crippen LogP contribution in [0, 0.1) is 41.4 Å². The summed E-state index contributed by atoms with van der Waals surface area (Å²) in [6, 6.07) is 0. The number of rotatable bonds is 0. The summed E-state index contributed by atoms with van der Waals surface area (Å²) in [5.41, 5.74) is -2.24. The fourth-order valence-electron chi connectivity index (χ4n) is 6.11. The monoisotopic (exact) mass is 244 g/mol. The number of alkyl halides is 3. The maximum Gasteiger partial charge on any atom is 0.284 e. The third kappa shape index (κ3) is 0.931. The highest BCUT2D eigenvalue weighted by Gasteiger charge is 2.78. The van der Waals surface area contributed by atoms with Crippen LogP contribution in [0.4, 0.5) is 13.2 Å². The number of hydrogen-bond acceptors (Lipinski definition) is 0. The lowest BCUT2D eigenvalue weighted by atomic mass is 9.63. The minimum Gasteiger partial charge on any atom is -0.237 e. The Morgan fingerprint density at radius 3 is 2.35 bits per heavy atom. The molecule has 17 heavy (non-hydrogen) atoms. The van der Waals surface area contributed by atoms with Crippen molar-refractivity contribution >= 4 is 0 Å². The molecule has 0 aromatic heterocycles. The van der Waals surface area contributed by atoms with E-state index in [4.69, 9.17) is 0 Å². The molecule has 0 aromatic rings. The molecule has 8 unspecified atom stereocenters. The van der Waals surface area contributed by atoms with Crippen LogP contribution in [0.5, 0.6) is 0 Å². The molecule has 0 spiro atoms. The van der Waals surface area contributed by atoms with Crippen LogP contribution in [0.25, 0.3) is 0 Å². The minimum absolute atomic E-state index is 0.132. The largest absolute Gasteiger partial charge is 0.284 e. The maximum atomic E-state index is 14.4. The Kier molecular flexibility index (Phi) is 1.70. The molecule has 4 fully saturated rings. The van der Waals surface area contributed by atoms with Crippen molar-refractivity contribution in [2.24, 2.45) is 41.4 Å². The molecule has 4 bridgehead atoms. The van der Waals surface area contributed by atoms with Gasteiger partial charge in [0.2, 0.25) is 0 Å². The van der Waals surface area contributed by atoms with Gasteiger partial charge < -0.3 is 0 Å². The van der Waals surface area contributed by atoms with Crippen molar-refractivity contribution in [1.82, 2.24) is 0 Å². The molecule has 3 heteroatoms. The topological polar surface area (TPSA) is 0 Å². The SMILES string of the molecule is CC1CC2CC1C1C2C2CC1C(F)(F)C2(C)F. The van der Waals surface area contributed by atoms with Gasteiger partial charge in [0.1, 0.15) is 0 Å². The summed E-state index contributed by atoms with van der Waals surface area (Å²) >= 11 is 0. The van der Waals surface area contributed by atoms with E-state index in [1.807, 2.05) is 0 Å². The van der Waals surface area contributed by atoms with Crippen molar-refractivity contribution < 1.29 is 13.2 Å². The van der Waals surface area contributed by atoms with Crippen LogP contribution in [0.3, 0.4) is 0 Å². The second-order valence-corrected chi connectivity index (χ2v) is 7.17. The molecule has 0 aromatic carbocycles. The number of halogens is 3. The van der Waals surface area contributed by atoms with Gasteiger partial charge in [0.05, 0.1) is 0 Å². The number of fused-ring (bicyclic) bond motifs is 9. The van der Waals surface area contributed by atoms with Gasteiger partial charge in [-0.25, -0.2) is 13.2 Å². The molecule has 0 N–H and O–H groups in total. The Hall–Kier alpha value is -0.210. The summed E-state index contributed by atoms with van der Waals surface area (Å²) in [5.74, 6) is -2.11. The van der Waals surface area contributed by atoms with Crippen LogP contribution in [0.15, 0.2) is 0 Å². The van der Waals surface area contributed by atoms with Crippen molar-refractivity contribution in [3.8, 4) is 0 Å². The van der Waals surface area contributed by atoms with Gasteiger partial charge in [0.25, 0.3) is 5.92 Å². The first kappa shape index (κ1) is 10.7. The Bertz CT molecular complexity index is 376. The standard InChI is InChI=1S/C14H19F3/c1-6-3-7-4-8(6)12-10-5-9(11(7)12)13(2,15)14(10,16)17/h6-12H,3-5H2,1-2H3. The molecule has 0 heterocycles. The van der Waals surface area contributed by atoms with Crippen LogP contribution in [0.1, 0.15) is 33.1 Å². The lowest BCUT2D eigenvalue weighted by molar-refractivity contribution is -0.197. The van der Waals surface area contributed by atoms with E-state index >= 15 is 0 Å². The van der Waals surface area contributed by atoms with Crippen molar-refractivity contribution in [2.45, 2.75) is 44.7 Å². The van der Waals surface area contributed by atoms with Crippen LogP contribution >= 0.6 is 0 Å². The molecular weight excluding hydrogens is 225 g/mol. The Labute approximate surface area is 100.0 Å². The maximum absolute atomic E-state index is 14.4. The Morgan fingerprint density at radius 1 is 0.941 bits per heavy atom. The van der Waals surface area contributed by atoms with E-state index in [0.717, 1.165) is 19.8 Å². The predicted octanol–water partition coefficient (Wildman–Crippen LogP) is 3.91. The van der Waals surface area contributed by atoms with Gasteiger partial charge in [-0.15, -0.1) is 0 Å². The molecule has 4 saturated carbocycles. The highest BCUT2D eigenvalue weighted by Crippen LogP contribution is 2.75. The van der Waals surface area contributed by atoms with E-state index < -0.39 is 17.5 Å². The normalized spacial score (nSPS) is 66.5. The average molecular weight is 244 g/mol. The second-order valence-electron chi connectivity index (χ2n) is 7.17. The highest BCUT2D eigenvalue weighted by molar-refractivity contribution is 5.22. The van der Waals surface area contributed by atoms with Gasteiger partial charge in [-0.3, -0.25) is 0 Å². The highest BCUT2D eigenvalue weighted by atomic mass is 19.3. The predicted molar refractivity (Wildman–Crippen MR) is 58.4 cm³/mol. The van der Waals surface area contributed by atoms with E-state index in [9.17, 15) is 13.2 Å². The fourth-order valence-corrected chi connectivity index (χ4v) is 6.11. The van der Waals surface area contributed by atoms with Crippen LogP contribution < -0.4 is 0 Å². The molecule has 0 radical (unpaired) electrons. The quantitative estimate of drug-likeness (QED) is 0.567. The van der Waals surface area contributed by atoms with E-state index in [1.165, 1.54) is 0 Å². The molecule has 8 atom stereocenters. The third-order valence-corrected chi connectivity index (χ3v) is 6.71. The first-order valence-electron chi connectivity index (χ1n) is 6.92. The summed E-state index contributed by atoms with van der Waals surface area (Å²) in [7, 11) is 0. The van der Waals surface area contributed by atoms with E-state index in [2.05, 4.69) is 6.92 Å². The number of hydrogen-bond donors (Lipinski definition) is 0. The zero-order valence-electron chi connectivity index (χ0n) is 10.3. The zero-order valence-corrected chi connectivity index (χ0v) is 10.3. The van der Waals surface area contributed by atoms with Gasteiger partial charge in [-0.2, -0.15) is 0 Å². The summed E-state index contributed by atoms with van der Waals surface area (Å²) in [6.45, 7) is 3.35. The molecule has 96 valence electrons. The van der Waals surface area contributed by atoms with Crippen molar-refractivity contribution in [2.75, 3.05) is 0 Å². The minimum atomic E-state index is -3.08. The molecular formula is C14H19F3. The second kappa shape index (κ2) is 2.70. The molecule has 0 saturated heterocycles. The van der Waals surface area contributed by atoms with Gasteiger partial charge in [0.15, 0.2) is 5.67 Å². The molecule has 0 amide bonds. The lowest BCUT2D eigenvalue weighted by Crippen LogP contribution is -2.54. The van der Waals surface area contributed by atoms with Crippen LogP contribution in [-0.4, -0.2) is 11.6 Å². The summed E-state index contributed by atoms with van der Waals surface area (Å²) in [4.78, 5) is 0. The average Bonchev–Trinajstić information content (AvgIpc) is 2.85. The molecule has 0 aliphatic heterocycles. The molecule has 4 aliphatic carbocycles. The van der Waals surface area contributed by atoms with Gasteiger partial charge in [0, 0.05) is 11.8 Å². The third-order valence-electron chi connectivity index (χ3n) is 6.71. The fraction of sp³-hybridized carbons (Fsp3) is 1.00. The van der Waals surface area contributed by atoms with Gasteiger partial charge >= 0.3 is 0 Å². The van der Waals surface area contributed by atoms with Crippen molar-refractivity contribution in [3.63, 3.8) is 0 Å². The van der Waals surface area contributed by atoms with E-state index in [0.29, 0.717) is 24.2 Å². The first-order chi connectivity index (χ1) is 7.85. The zero-order chi connectivity index (χ0) is 12.2. The molecule has 4 aliphatic rings.